The first-order chi connectivity index (χ1) is 9.32. The Balaban J connectivity index is 2.34. The molecular weight excluding hydrogens is 248 g/mol. The van der Waals surface area contributed by atoms with Gasteiger partial charge in [-0.3, -0.25) is 0 Å². The smallest absolute Gasteiger partial charge is 0.138 e. The van der Waals surface area contributed by atoms with Gasteiger partial charge in [0, 0.05) is 24.1 Å². The number of aromatic nitrogens is 2. The second-order valence-electron chi connectivity index (χ2n) is 6.97. The minimum Gasteiger partial charge on any atom is -0.383 e. The Bertz CT molecular complexity index is 472. The highest BCUT2D eigenvalue weighted by Gasteiger charge is 2.25. The molecule has 0 amide bonds. The molecule has 1 aliphatic rings. The third kappa shape index (κ3) is 3.05. The zero-order valence-electron chi connectivity index (χ0n) is 13.5. The van der Waals surface area contributed by atoms with E-state index in [0.29, 0.717) is 5.82 Å². The van der Waals surface area contributed by atoms with Crippen molar-refractivity contribution >= 4 is 11.6 Å². The molecule has 4 heteroatoms. The van der Waals surface area contributed by atoms with Gasteiger partial charge in [-0.1, -0.05) is 27.2 Å². The van der Waals surface area contributed by atoms with E-state index in [-0.39, 0.29) is 5.41 Å². The van der Waals surface area contributed by atoms with Crippen molar-refractivity contribution in [3.05, 3.63) is 11.4 Å². The summed E-state index contributed by atoms with van der Waals surface area (Å²) in [4.78, 5) is 11.7. The van der Waals surface area contributed by atoms with Crippen molar-refractivity contribution in [1.29, 1.82) is 0 Å². The monoisotopic (exact) mass is 276 g/mol. The van der Waals surface area contributed by atoms with E-state index in [1.165, 1.54) is 19.3 Å². The summed E-state index contributed by atoms with van der Waals surface area (Å²) in [5, 5.41) is 0. The van der Waals surface area contributed by atoms with Crippen LogP contribution in [0.1, 0.15) is 58.3 Å². The molecule has 1 heterocycles. The van der Waals surface area contributed by atoms with E-state index in [1.807, 2.05) is 6.92 Å². The molecule has 2 rings (SSSR count). The van der Waals surface area contributed by atoms with Gasteiger partial charge in [0.15, 0.2) is 0 Å². The lowest BCUT2D eigenvalue weighted by atomic mass is 9.85. The van der Waals surface area contributed by atoms with Crippen molar-refractivity contribution in [3.63, 3.8) is 0 Å². The normalized spacial score (nSPS) is 16.1. The molecule has 2 N–H and O–H groups in total. The maximum Gasteiger partial charge on any atom is 0.138 e. The number of nitrogens with two attached hydrogens (primary N) is 1. The van der Waals surface area contributed by atoms with Gasteiger partial charge in [0.05, 0.1) is 0 Å². The molecule has 1 aromatic rings. The summed E-state index contributed by atoms with van der Waals surface area (Å²) < 4.78 is 0. The fraction of sp³-hybridized carbons (Fsp3) is 0.750. The molecule has 0 aliphatic heterocycles. The molecule has 0 bridgehead atoms. The van der Waals surface area contributed by atoms with Crippen molar-refractivity contribution in [2.75, 3.05) is 23.7 Å². The Kier molecular flexibility index (Phi) is 4.21. The molecule has 1 aromatic heterocycles. The lowest BCUT2D eigenvalue weighted by molar-refractivity contribution is 0.318. The van der Waals surface area contributed by atoms with E-state index in [1.54, 1.807) is 0 Å². The fourth-order valence-corrected chi connectivity index (χ4v) is 2.52. The first-order valence-electron chi connectivity index (χ1n) is 7.72. The predicted molar refractivity (Wildman–Crippen MR) is 85.1 cm³/mol. The lowest BCUT2D eigenvalue weighted by Gasteiger charge is -2.34. The molecule has 1 saturated carbocycles. The van der Waals surface area contributed by atoms with Crippen molar-refractivity contribution in [1.82, 2.24) is 9.97 Å². The Labute approximate surface area is 122 Å². The minimum absolute atomic E-state index is 0.0769. The largest absolute Gasteiger partial charge is 0.383 e. The zero-order valence-corrected chi connectivity index (χ0v) is 13.5. The minimum atomic E-state index is -0.0769. The summed E-state index contributed by atoms with van der Waals surface area (Å²) >= 11 is 0. The van der Waals surface area contributed by atoms with Crippen LogP contribution in [0.4, 0.5) is 11.6 Å². The van der Waals surface area contributed by atoms with Crippen LogP contribution in [0.5, 0.6) is 0 Å². The van der Waals surface area contributed by atoms with Crippen molar-refractivity contribution < 1.29 is 0 Å². The van der Waals surface area contributed by atoms with Gasteiger partial charge in [0.1, 0.15) is 17.5 Å². The van der Waals surface area contributed by atoms with Crippen LogP contribution in [0.15, 0.2) is 0 Å². The van der Waals surface area contributed by atoms with Gasteiger partial charge < -0.3 is 10.6 Å². The number of nitrogen functional groups attached to an aromatic ring is 1. The zero-order chi connectivity index (χ0) is 14.9. The molecule has 112 valence electrons. The van der Waals surface area contributed by atoms with Crippen molar-refractivity contribution in [3.8, 4) is 0 Å². The highest BCUT2D eigenvalue weighted by atomic mass is 15.2. The topological polar surface area (TPSA) is 55.0 Å². The molecule has 0 atom stereocenters. The Morgan fingerprint density at radius 1 is 1.25 bits per heavy atom. The highest BCUT2D eigenvalue weighted by molar-refractivity contribution is 5.57. The number of rotatable bonds is 4. The van der Waals surface area contributed by atoms with Crippen LogP contribution in [0, 0.1) is 12.8 Å². The van der Waals surface area contributed by atoms with E-state index in [0.717, 1.165) is 36.2 Å². The third-order valence-corrected chi connectivity index (χ3v) is 4.21. The quantitative estimate of drug-likeness (QED) is 0.917. The van der Waals surface area contributed by atoms with Gasteiger partial charge in [-0.15, -0.1) is 0 Å². The standard InChI is InChI=1S/C16H28N4/c1-6-20(10-12-8-7-9-12)14-11(2)13(17)18-15(19-14)16(3,4)5/h12H,6-10H2,1-5H3,(H2,17,18,19). The van der Waals surface area contributed by atoms with Gasteiger partial charge >= 0.3 is 0 Å². The summed E-state index contributed by atoms with van der Waals surface area (Å²) in [7, 11) is 0. The van der Waals surface area contributed by atoms with Crippen molar-refractivity contribution in [2.24, 2.45) is 5.92 Å². The SMILES string of the molecule is CCN(CC1CCC1)c1nc(C(C)(C)C)nc(N)c1C. The van der Waals surface area contributed by atoms with Gasteiger partial charge in [-0.2, -0.15) is 0 Å². The average Bonchev–Trinajstić information content (AvgIpc) is 2.31. The molecule has 20 heavy (non-hydrogen) atoms. The Morgan fingerprint density at radius 3 is 2.35 bits per heavy atom. The number of nitrogens with zero attached hydrogens (tertiary/aromatic N) is 3. The van der Waals surface area contributed by atoms with Crippen LogP contribution < -0.4 is 10.6 Å². The maximum atomic E-state index is 6.11. The molecule has 0 spiro atoms. The number of anilines is 2. The van der Waals surface area contributed by atoms with E-state index in [4.69, 9.17) is 10.7 Å². The first-order valence-corrected chi connectivity index (χ1v) is 7.72. The van der Waals surface area contributed by atoms with Gasteiger partial charge in [0.25, 0.3) is 0 Å². The van der Waals surface area contributed by atoms with Crippen molar-refractivity contribution in [2.45, 2.75) is 59.3 Å². The Morgan fingerprint density at radius 2 is 1.90 bits per heavy atom. The fourth-order valence-electron chi connectivity index (χ4n) is 2.52. The Hall–Kier alpha value is -1.32. The van der Waals surface area contributed by atoms with Gasteiger partial charge in [0.2, 0.25) is 0 Å². The lowest BCUT2D eigenvalue weighted by Crippen LogP contribution is -2.34. The van der Waals surface area contributed by atoms with Crippen LogP contribution in [0.25, 0.3) is 0 Å². The second-order valence-corrected chi connectivity index (χ2v) is 6.97. The summed E-state index contributed by atoms with van der Waals surface area (Å²) in [6.45, 7) is 12.7. The third-order valence-electron chi connectivity index (χ3n) is 4.21. The van der Waals surface area contributed by atoms with Gasteiger partial charge in [-0.05, 0) is 32.6 Å². The number of hydrogen-bond donors (Lipinski definition) is 1. The van der Waals surface area contributed by atoms with E-state index < -0.39 is 0 Å². The van der Waals surface area contributed by atoms with Crippen LogP contribution in [-0.4, -0.2) is 23.1 Å². The summed E-state index contributed by atoms with van der Waals surface area (Å²) in [5.41, 5.74) is 7.05. The molecule has 4 nitrogen and oxygen atoms in total. The van der Waals surface area contributed by atoms with Crippen LogP contribution in [0.3, 0.4) is 0 Å². The number of hydrogen-bond acceptors (Lipinski definition) is 4. The molecule has 0 unspecified atom stereocenters. The van der Waals surface area contributed by atoms with Crippen LogP contribution in [-0.2, 0) is 5.41 Å². The summed E-state index contributed by atoms with van der Waals surface area (Å²) in [6, 6.07) is 0. The average molecular weight is 276 g/mol. The molecule has 1 aliphatic carbocycles. The molecular formula is C16H28N4. The van der Waals surface area contributed by atoms with Crippen LogP contribution >= 0.6 is 0 Å². The molecule has 0 aromatic carbocycles. The molecule has 1 fully saturated rings. The van der Waals surface area contributed by atoms with E-state index in [2.05, 4.69) is 37.6 Å². The molecule has 0 saturated heterocycles. The summed E-state index contributed by atoms with van der Waals surface area (Å²) in [5.74, 6) is 3.30. The predicted octanol–water partition coefficient (Wildman–Crippen LogP) is 3.29. The van der Waals surface area contributed by atoms with Crippen LogP contribution in [0.2, 0.25) is 0 Å². The van der Waals surface area contributed by atoms with E-state index >= 15 is 0 Å². The second kappa shape index (κ2) is 5.58. The summed E-state index contributed by atoms with van der Waals surface area (Å²) in [6.07, 6.45) is 4.07. The molecule has 0 radical (unpaired) electrons. The first kappa shape index (κ1) is 15.1. The maximum absolute atomic E-state index is 6.11. The highest BCUT2D eigenvalue weighted by Crippen LogP contribution is 2.31. The van der Waals surface area contributed by atoms with E-state index in [9.17, 15) is 0 Å². The van der Waals surface area contributed by atoms with Gasteiger partial charge in [-0.25, -0.2) is 9.97 Å².